The zero-order chi connectivity index (χ0) is 14.2. The van der Waals surface area contributed by atoms with Crippen molar-refractivity contribution in [2.45, 2.75) is 18.9 Å². The van der Waals surface area contributed by atoms with Crippen LogP contribution in [0.5, 0.6) is 0 Å². The minimum Gasteiger partial charge on any atom is -0.340 e. The summed E-state index contributed by atoms with van der Waals surface area (Å²) in [6.07, 6.45) is 5.13. The molecule has 4 nitrogen and oxygen atoms in total. The Labute approximate surface area is 121 Å². The fourth-order valence-corrected chi connectivity index (χ4v) is 2.09. The van der Waals surface area contributed by atoms with Gasteiger partial charge in [-0.2, -0.15) is 0 Å². The molecule has 2 aliphatic rings. The summed E-state index contributed by atoms with van der Waals surface area (Å²) in [6.45, 7) is 3.60. The Hall–Kier alpha value is -2.13. The summed E-state index contributed by atoms with van der Waals surface area (Å²) in [5.74, 6) is 12.8. The lowest BCUT2D eigenvalue weighted by atomic mass is 10.2. The Bertz CT molecular complexity index is 528. The summed E-state index contributed by atoms with van der Waals surface area (Å²) in [7, 11) is 1.92. The van der Waals surface area contributed by atoms with Crippen molar-refractivity contribution in [2.75, 3.05) is 33.2 Å². The van der Waals surface area contributed by atoms with Crippen molar-refractivity contribution in [1.82, 2.24) is 15.1 Å². The molecular formula is C16H20N4. The first-order valence-corrected chi connectivity index (χ1v) is 6.91. The van der Waals surface area contributed by atoms with Gasteiger partial charge < -0.3 is 15.1 Å². The topological polar surface area (TPSA) is 42.4 Å². The van der Waals surface area contributed by atoms with Crippen LogP contribution in [-0.4, -0.2) is 55.0 Å². The quantitative estimate of drug-likeness (QED) is 0.317. The number of hydrogen-bond donors (Lipinski definition) is 2. The molecule has 20 heavy (non-hydrogen) atoms. The predicted octanol–water partition coefficient (Wildman–Crippen LogP) is 0.639. The first kappa shape index (κ1) is 14.3. The van der Waals surface area contributed by atoms with Crippen LogP contribution in [0.1, 0.15) is 12.8 Å². The van der Waals surface area contributed by atoms with Gasteiger partial charge in [-0.3, -0.25) is 5.41 Å². The van der Waals surface area contributed by atoms with Gasteiger partial charge in [-0.05, 0) is 12.2 Å². The van der Waals surface area contributed by atoms with E-state index in [-0.39, 0.29) is 6.04 Å². The van der Waals surface area contributed by atoms with Crippen molar-refractivity contribution in [3.63, 3.8) is 0 Å². The highest BCUT2D eigenvalue weighted by Gasteiger charge is 2.20. The number of guanidine groups is 1. The maximum absolute atomic E-state index is 8.32. The van der Waals surface area contributed by atoms with E-state index >= 15 is 0 Å². The van der Waals surface area contributed by atoms with E-state index in [2.05, 4.69) is 39.6 Å². The van der Waals surface area contributed by atoms with Gasteiger partial charge in [-0.1, -0.05) is 23.7 Å². The molecule has 1 atom stereocenters. The second-order valence-corrected chi connectivity index (χ2v) is 4.71. The van der Waals surface area contributed by atoms with Crippen LogP contribution in [0, 0.1) is 29.1 Å². The van der Waals surface area contributed by atoms with Crippen LogP contribution in [-0.2, 0) is 0 Å². The fraction of sp³-hybridized carbons (Fsp3) is 0.500. The summed E-state index contributed by atoms with van der Waals surface area (Å²) < 4.78 is 0. The average molecular weight is 268 g/mol. The first-order chi connectivity index (χ1) is 9.79. The molecule has 0 saturated carbocycles. The van der Waals surface area contributed by atoms with Crippen LogP contribution >= 0.6 is 0 Å². The monoisotopic (exact) mass is 268 g/mol. The van der Waals surface area contributed by atoms with E-state index in [0.717, 1.165) is 26.2 Å². The number of hydrogen-bond acceptors (Lipinski definition) is 2. The SMILES string of the molecule is CN(C(=N)N1CCNCC1)C1C#CCC#CCC=C=C1. The van der Waals surface area contributed by atoms with Gasteiger partial charge in [-0.15, -0.1) is 5.73 Å². The van der Waals surface area contributed by atoms with Crippen LogP contribution in [0.15, 0.2) is 17.9 Å². The number of piperazine rings is 1. The van der Waals surface area contributed by atoms with Crippen LogP contribution < -0.4 is 5.32 Å². The molecule has 0 bridgehead atoms. The first-order valence-electron chi connectivity index (χ1n) is 6.91. The molecule has 0 spiro atoms. The molecule has 1 saturated heterocycles. The standard InChI is InChI=1S/C16H20N4/c1-19(16(17)20-13-11-18-12-14-20)15-9-7-5-3-2-4-6-8-10-15/h5,9,15,17-18H,3,6,11-14H2,1H3. The summed E-state index contributed by atoms with van der Waals surface area (Å²) in [5, 5.41) is 11.6. The Kier molecular flexibility index (Phi) is 5.33. The third kappa shape index (κ3) is 3.93. The molecule has 1 fully saturated rings. The Balaban J connectivity index is 2.08. The van der Waals surface area contributed by atoms with Gasteiger partial charge in [0.15, 0.2) is 5.96 Å². The normalized spacial score (nSPS) is 21.2. The third-order valence-electron chi connectivity index (χ3n) is 3.30. The number of nitrogens with zero attached hydrogens (tertiary/aromatic N) is 2. The van der Waals surface area contributed by atoms with E-state index in [0.29, 0.717) is 18.8 Å². The summed E-state index contributed by atoms with van der Waals surface area (Å²) in [4.78, 5) is 3.97. The second kappa shape index (κ2) is 7.46. The zero-order valence-corrected chi connectivity index (χ0v) is 11.9. The van der Waals surface area contributed by atoms with E-state index in [4.69, 9.17) is 5.41 Å². The van der Waals surface area contributed by atoms with Crippen LogP contribution in [0.4, 0.5) is 0 Å². The Morgan fingerprint density at radius 1 is 1.30 bits per heavy atom. The molecule has 1 heterocycles. The van der Waals surface area contributed by atoms with Gasteiger partial charge in [0.25, 0.3) is 0 Å². The van der Waals surface area contributed by atoms with E-state index in [1.54, 1.807) is 0 Å². The Morgan fingerprint density at radius 2 is 2.10 bits per heavy atom. The van der Waals surface area contributed by atoms with Gasteiger partial charge in [-0.25, -0.2) is 0 Å². The average Bonchev–Trinajstić information content (AvgIpc) is 2.52. The molecule has 104 valence electrons. The molecule has 1 aliphatic heterocycles. The molecule has 0 amide bonds. The second-order valence-electron chi connectivity index (χ2n) is 4.71. The highest BCUT2D eigenvalue weighted by atomic mass is 15.4. The lowest BCUT2D eigenvalue weighted by Gasteiger charge is -2.35. The van der Waals surface area contributed by atoms with Crippen LogP contribution in [0.25, 0.3) is 0 Å². The largest absolute Gasteiger partial charge is 0.340 e. The number of nitrogens with one attached hydrogen (secondary N) is 2. The zero-order valence-electron chi connectivity index (χ0n) is 11.9. The molecule has 1 unspecified atom stereocenters. The van der Waals surface area contributed by atoms with Crippen LogP contribution in [0.2, 0.25) is 0 Å². The summed E-state index contributed by atoms with van der Waals surface area (Å²) >= 11 is 0. The van der Waals surface area contributed by atoms with Gasteiger partial charge in [0.1, 0.15) is 6.04 Å². The maximum Gasteiger partial charge on any atom is 0.194 e. The third-order valence-corrected chi connectivity index (χ3v) is 3.30. The van der Waals surface area contributed by atoms with Crippen molar-refractivity contribution in [1.29, 1.82) is 5.41 Å². The van der Waals surface area contributed by atoms with Crippen molar-refractivity contribution in [2.24, 2.45) is 0 Å². The molecular weight excluding hydrogens is 248 g/mol. The lowest BCUT2D eigenvalue weighted by Crippen LogP contribution is -2.52. The van der Waals surface area contributed by atoms with Crippen LogP contribution in [0.3, 0.4) is 0 Å². The maximum atomic E-state index is 8.32. The highest BCUT2D eigenvalue weighted by molar-refractivity contribution is 5.77. The Morgan fingerprint density at radius 3 is 2.90 bits per heavy atom. The van der Waals surface area contributed by atoms with Crippen molar-refractivity contribution in [3.05, 3.63) is 17.9 Å². The smallest absolute Gasteiger partial charge is 0.194 e. The minimum absolute atomic E-state index is 0.117. The van der Waals surface area contributed by atoms with E-state index < -0.39 is 0 Å². The van der Waals surface area contributed by atoms with Crippen molar-refractivity contribution >= 4 is 5.96 Å². The number of likely N-dealkylation sites (N-methyl/N-ethyl adjacent to an activating group) is 1. The molecule has 0 aromatic rings. The van der Waals surface area contributed by atoms with E-state index in [1.807, 2.05) is 24.1 Å². The molecule has 0 aromatic heterocycles. The van der Waals surface area contributed by atoms with Gasteiger partial charge in [0.2, 0.25) is 0 Å². The van der Waals surface area contributed by atoms with Gasteiger partial charge in [0, 0.05) is 39.6 Å². The summed E-state index contributed by atoms with van der Waals surface area (Å²) in [5.41, 5.74) is 3.12. The molecule has 0 radical (unpaired) electrons. The van der Waals surface area contributed by atoms with Gasteiger partial charge in [0.05, 0.1) is 6.42 Å². The summed E-state index contributed by atoms with van der Waals surface area (Å²) in [6, 6.07) is -0.117. The highest BCUT2D eigenvalue weighted by Crippen LogP contribution is 2.04. The molecule has 2 N–H and O–H groups in total. The molecule has 4 heteroatoms. The fourth-order valence-electron chi connectivity index (χ4n) is 2.09. The van der Waals surface area contributed by atoms with E-state index in [9.17, 15) is 0 Å². The van der Waals surface area contributed by atoms with Crippen molar-refractivity contribution in [3.8, 4) is 23.7 Å². The van der Waals surface area contributed by atoms with Gasteiger partial charge >= 0.3 is 0 Å². The lowest BCUT2D eigenvalue weighted by molar-refractivity contribution is 0.303. The molecule has 0 aromatic carbocycles. The minimum atomic E-state index is -0.117. The van der Waals surface area contributed by atoms with Crippen molar-refractivity contribution < 1.29 is 0 Å². The predicted molar refractivity (Wildman–Crippen MR) is 81.2 cm³/mol. The molecule has 2 rings (SSSR count). The molecule has 1 aliphatic carbocycles. The van der Waals surface area contributed by atoms with E-state index in [1.165, 1.54) is 0 Å². The number of rotatable bonds is 1.